The van der Waals surface area contributed by atoms with E-state index in [1.807, 2.05) is 6.07 Å². The van der Waals surface area contributed by atoms with Gasteiger partial charge in [0.05, 0.1) is 10.7 Å². The van der Waals surface area contributed by atoms with Crippen LogP contribution in [0.1, 0.15) is 0 Å². The number of nitrogens with two attached hydrogens (primary N) is 1. The minimum Gasteiger partial charge on any atom is -0.369 e. The molecular formula is C12H7BrCl2N4. The van der Waals surface area contributed by atoms with Crippen molar-refractivity contribution in [2.45, 2.75) is 0 Å². The van der Waals surface area contributed by atoms with Crippen molar-refractivity contribution < 1.29 is 0 Å². The summed E-state index contributed by atoms with van der Waals surface area (Å²) in [5.41, 5.74) is 7.98. The number of benzene rings is 1. The predicted molar refractivity (Wildman–Crippen MR) is 81.0 cm³/mol. The molecule has 2 heterocycles. The summed E-state index contributed by atoms with van der Waals surface area (Å²) in [6.07, 6.45) is 1.68. The quantitative estimate of drug-likeness (QED) is 0.714. The summed E-state index contributed by atoms with van der Waals surface area (Å²) < 4.78 is 2.53. The number of halogens is 3. The van der Waals surface area contributed by atoms with Gasteiger partial charge in [0.25, 0.3) is 0 Å². The zero-order valence-corrected chi connectivity index (χ0v) is 12.5. The van der Waals surface area contributed by atoms with Gasteiger partial charge >= 0.3 is 0 Å². The largest absolute Gasteiger partial charge is 0.369 e. The Bertz CT molecular complexity index is 785. The van der Waals surface area contributed by atoms with Crippen LogP contribution in [-0.4, -0.2) is 14.5 Å². The Morgan fingerprint density at radius 2 is 2.00 bits per heavy atom. The van der Waals surface area contributed by atoms with Crippen molar-refractivity contribution in [1.82, 2.24) is 14.5 Å². The molecule has 4 nitrogen and oxygen atoms in total. The average molecular weight is 358 g/mol. The molecule has 0 bridgehead atoms. The van der Waals surface area contributed by atoms with Gasteiger partial charge in [-0.15, -0.1) is 0 Å². The molecule has 19 heavy (non-hydrogen) atoms. The summed E-state index contributed by atoms with van der Waals surface area (Å²) in [6, 6.07) is 7.03. The maximum absolute atomic E-state index is 6.20. The fourth-order valence-corrected chi connectivity index (χ4v) is 2.67. The van der Waals surface area contributed by atoms with Gasteiger partial charge in [-0.25, -0.2) is 9.97 Å². The summed E-state index contributed by atoms with van der Waals surface area (Å²) in [5.74, 6) is 0.324. The Morgan fingerprint density at radius 1 is 1.21 bits per heavy atom. The van der Waals surface area contributed by atoms with Crippen LogP contribution in [0.25, 0.3) is 16.9 Å². The van der Waals surface area contributed by atoms with Crippen molar-refractivity contribution in [3.05, 3.63) is 45.0 Å². The maximum atomic E-state index is 6.20. The van der Waals surface area contributed by atoms with Gasteiger partial charge < -0.3 is 5.73 Å². The molecule has 0 saturated carbocycles. The third kappa shape index (κ3) is 2.18. The molecule has 0 radical (unpaired) electrons. The summed E-state index contributed by atoms with van der Waals surface area (Å²) in [6.45, 7) is 0. The molecule has 0 fully saturated rings. The zero-order chi connectivity index (χ0) is 13.6. The third-order valence-electron chi connectivity index (χ3n) is 2.64. The Hall–Kier alpha value is -1.30. The summed E-state index contributed by atoms with van der Waals surface area (Å²) in [4.78, 5) is 8.59. The van der Waals surface area contributed by atoms with Crippen LogP contribution in [0.3, 0.4) is 0 Å². The van der Waals surface area contributed by atoms with E-state index in [1.165, 1.54) is 0 Å². The highest BCUT2D eigenvalue weighted by atomic mass is 79.9. The molecule has 0 aliphatic heterocycles. The number of pyridine rings is 1. The van der Waals surface area contributed by atoms with E-state index >= 15 is 0 Å². The molecule has 2 aromatic heterocycles. The van der Waals surface area contributed by atoms with Crippen LogP contribution >= 0.6 is 39.1 Å². The fourth-order valence-electron chi connectivity index (χ4n) is 1.86. The molecule has 0 unspecified atom stereocenters. The van der Waals surface area contributed by atoms with E-state index in [1.54, 1.807) is 29.0 Å². The first-order chi connectivity index (χ1) is 9.06. The monoisotopic (exact) mass is 356 g/mol. The van der Waals surface area contributed by atoms with Gasteiger partial charge in [0, 0.05) is 15.7 Å². The molecule has 0 saturated heterocycles. The topological polar surface area (TPSA) is 56.7 Å². The number of fused-ring (bicyclic) bond motifs is 1. The molecule has 3 aromatic rings. The van der Waals surface area contributed by atoms with Crippen LogP contribution in [0, 0.1) is 0 Å². The lowest BCUT2D eigenvalue weighted by molar-refractivity contribution is 1.08. The molecule has 96 valence electrons. The van der Waals surface area contributed by atoms with E-state index in [0.29, 0.717) is 32.8 Å². The second-order valence-corrected chi connectivity index (χ2v) is 5.66. The van der Waals surface area contributed by atoms with Crippen LogP contribution in [0.15, 0.2) is 34.9 Å². The molecule has 7 heteroatoms. The number of imidazole rings is 1. The SMILES string of the molecule is Nc1nc2cc(Br)cnc2n1-c1ccc(Cl)cc1Cl. The van der Waals surface area contributed by atoms with Crippen LogP contribution in [0.4, 0.5) is 5.95 Å². The van der Waals surface area contributed by atoms with E-state index in [2.05, 4.69) is 25.9 Å². The molecule has 0 aliphatic rings. The normalized spacial score (nSPS) is 11.1. The Balaban J connectivity index is 2.33. The first-order valence-electron chi connectivity index (χ1n) is 5.31. The van der Waals surface area contributed by atoms with Gasteiger partial charge in [-0.05, 0) is 40.2 Å². The van der Waals surface area contributed by atoms with Gasteiger partial charge in [0.2, 0.25) is 5.95 Å². The van der Waals surface area contributed by atoms with E-state index in [0.717, 1.165) is 4.47 Å². The minimum atomic E-state index is 0.324. The lowest BCUT2D eigenvalue weighted by Gasteiger charge is -2.08. The van der Waals surface area contributed by atoms with Gasteiger partial charge in [-0.2, -0.15) is 0 Å². The van der Waals surface area contributed by atoms with Crippen molar-refractivity contribution in [2.75, 3.05) is 5.73 Å². The number of nitrogens with zero attached hydrogens (tertiary/aromatic N) is 3. The number of aromatic nitrogens is 3. The molecule has 1 aromatic carbocycles. The summed E-state index contributed by atoms with van der Waals surface area (Å²) in [5, 5.41) is 1.05. The van der Waals surface area contributed by atoms with Crippen molar-refractivity contribution in [3.63, 3.8) is 0 Å². The highest BCUT2D eigenvalue weighted by Gasteiger charge is 2.14. The number of nitrogen functional groups attached to an aromatic ring is 1. The minimum absolute atomic E-state index is 0.324. The standard InChI is InChI=1S/C12H7BrCl2N4/c13-6-3-9-11(17-5-6)19(12(16)18-9)10-2-1-7(14)4-8(10)15/h1-5H,(H2,16,18). The van der Waals surface area contributed by atoms with Crippen LogP contribution in [-0.2, 0) is 0 Å². The molecule has 0 spiro atoms. The molecule has 0 amide bonds. The number of rotatable bonds is 1. The first kappa shape index (κ1) is 12.7. The fraction of sp³-hybridized carbons (Fsp3) is 0. The number of hydrogen-bond acceptors (Lipinski definition) is 3. The van der Waals surface area contributed by atoms with Crippen molar-refractivity contribution in [2.24, 2.45) is 0 Å². The molecule has 0 aliphatic carbocycles. The second kappa shape index (κ2) is 4.67. The van der Waals surface area contributed by atoms with Crippen LogP contribution < -0.4 is 5.73 Å². The lowest BCUT2D eigenvalue weighted by Crippen LogP contribution is -2.02. The summed E-state index contributed by atoms with van der Waals surface area (Å²) >= 11 is 15.4. The highest BCUT2D eigenvalue weighted by Crippen LogP contribution is 2.29. The summed E-state index contributed by atoms with van der Waals surface area (Å²) in [7, 11) is 0. The van der Waals surface area contributed by atoms with Crippen LogP contribution in [0.5, 0.6) is 0 Å². The molecule has 3 rings (SSSR count). The van der Waals surface area contributed by atoms with E-state index in [9.17, 15) is 0 Å². The third-order valence-corrected chi connectivity index (χ3v) is 3.61. The highest BCUT2D eigenvalue weighted by molar-refractivity contribution is 9.10. The van der Waals surface area contributed by atoms with Crippen molar-refractivity contribution in [1.29, 1.82) is 0 Å². The van der Waals surface area contributed by atoms with Gasteiger partial charge in [0.1, 0.15) is 5.52 Å². The van der Waals surface area contributed by atoms with Crippen molar-refractivity contribution >= 4 is 56.2 Å². The van der Waals surface area contributed by atoms with Crippen molar-refractivity contribution in [3.8, 4) is 5.69 Å². The second-order valence-electron chi connectivity index (χ2n) is 3.90. The number of hydrogen-bond donors (Lipinski definition) is 1. The first-order valence-corrected chi connectivity index (χ1v) is 6.86. The smallest absolute Gasteiger partial charge is 0.207 e. The predicted octanol–water partition coefficient (Wildman–Crippen LogP) is 4.07. The molecule has 0 atom stereocenters. The zero-order valence-electron chi connectivity index (χ0n) is 9.44. The van der Waals surface area contributed by atoms with Crippen LogP contribution in [0.2, 0.25) is 10.0 Å². The van der Waals surface area contributed by atoms with E-state index < -0.39 is 0 Å². The van der Waals surface area contributed by atoms with E-state index in [-0.39, 0.29) is 0 Å². The van der Waals surface area contributed by atoms with Gasteiger partial charge in [-0.3, -0.25) is 4.57 Å². The Morgan fingerprint density at radius 3 is 2.74 bits per heavy atom. The maximum Gasteiger partial charge on any atom is 0.207 e. The Labute approximate surface area is 127 Å². The van der Waals surface area contributed by atoms with Gasteiger partial charge in [-0.1, -0.05) is 23.2 Å². The number of anilines is 1. The lowest BCUT2D eigenvalue weighted by atomic mass is 10.3. The van der Waals surface area contributed by atoms with E-state index in [4.69, 9.17) is 28.9 Å². The molecule has 2 N–H and O–H groups in total. The Kier molecular flexibility index (Phi) is 3.12. The van der Waals surface area contributed by atoms with Gasteiger partial charge in [0.15, 0.2) is 5.65 Å². The molecular weight excluding hydrogens is 351 g/mol. The average Bonchev–Trinajstić information content (AvgIpc) is 2.65.